The van der Waals surface area contributed by atoms with E-state index in [4.69, 9.17) is 21.9 Å². The average Bonchev–Trinajstić information content (AvgIpc) is 2.20. The molecule has 0 aliphatic heterocycles. The molecule has 0 aliphatic rings. The minimum Gasteiger partial charge on any atom is -0.423 e. The number of benzene rings is 1. The lowest BCUT2D eigenvalue weighted by Crippen LogP contribution is -2.30. The third-order valence-electron chi connectivity index (χ3n) is 1.70. The van der Waals surface area contributed by atoms with Crippen LogP contribution in [0.5, 0.6) is 5.75 Å². The Balaban J connectivity index is 2.96. The lowest BCUT2D eigenvalue weighted by atomic mass is 10.3. The van der Waals surface area contributed by atoms with Crippen molar-refractivity contribution in [2.24, 2.45) is 22.2 Å². The molecule has 86 valence electrons. The summed E-state index contributed by atoms with van der Waals surface area (Å²) in [6.45, 7) is 1.53. The van der Waals surface area contributed by atoms with Gasteiger partial charge in [-0.25, -0.2) is 9.79 Å². The van der Waals surface area contributed by atoms with Crippen LogP contribution >= 0.6 is 0 Å². The number of carbonyl (C=O) groups excluding carboxylic acids is 1. The maximum Gasteiger partial charge on any atom is 0.328 e. The van der Waals surface area contributed by atoms with E-state index in [1.165, 1.54) is 6.92 Å². The largest absolute Gasteiger partial charge is 0.423 e. The summed E-state index contributed by atoms with van der Waals surface area (Å²) in [6.07, 6.45) is 0. The van der Waals surface area contributed by atoms with Crippen molar-refractivity contribution < 1.29 is 9.53 Å². The Labute approximate surface area is 93.1 Å². The maximum absolute atomic E-state index is 11.3. The van der Waals surface area contributed by atoms with E-state index in [-0.39, 0.29) is 11.7 Å². The number of ether oxygens (including phenoxy) is 1. The van der Waals surface area contributed by atoms with Crippen molar-refractivity contribution in [3.63, 3.8) is 0 Å². The Morgan fingerprint density at radius 3 is 2.56 bits per heavy atom. The maximum atomic E-state index is 11.3. The standard InChI is InChI=1S/C10H14N4O2/c1-6(11)9(15)16-8-5-3-2-4-7(8)14-10(12)13/h2-6H,11H2,1H3,(H4,12,13,14)/t6-/m0/s1. The first-order valence-corrected chi connectivity index (χ1v) is 4.66. The Kier molecular flexibility index (Phi) is 3.84. The van der Waals surface area contributed by atoms with Gasteiger partial charge in [0.2, 0.25) is 0 Å². The van der Waals surface area contributed by atoms with Crippen LogP contribution in [0.3, 0.4) is 0 Å². The third-order valence-corrected chi connectivity index (χ3v) is 1.70. The van der Waals surface area contributed by atoms with Gasteiger partial charge in [-0.15, -0.1) is 0 Å². The number of carbonyl (C=O) groups is 1. The normalized spacial score (nSPS) is 11.6. The first kappa shape index (κ1) is 12.0. The molecule has 0 bridgehead atoms. The van der Waals surface area contributed by atoms with Crippen LogP contribution < -0.4 is 21.9 Å². The molecule has 6 heteroatoms. The van der Waals surface area contributed by atoms with Crippen LogP contribution in [0.25, 0.3) is 0 Å². The number of aliphatic imine (C=N–C) groups is 1. The molecule has 0 unspecified atom stereocenters. The quantitative estimate of drug-likeness (QED) is 0.284. The van der Waals surface area contributed by atoms with Gasteiger partial charge in [0.05, 0.1) is 0 Å². The molecule has 0 saturated heterocycles. The molecule has 16 heavy (non-hydrogen) atoms. The molecule has 6 N–H and O–H groups in total. The van der Waals surface area contributed by atoms with Crippen molar-refractivity contribution >= 4 is 17.6 Å². The Hall–Kier alpha value is -2.08. The second-order valence-corrected chi connectivity index (χ2v) is 3.21. The SMILES string of the molecule is C[C@H](N)C(=O)Oc1ccccc1N=C(N)N. The van der Waals surface area contributed by atoms with E-state index >= 15 is 0 Å². The van der Waals surface area contributed by atoms with E-state index in [1.807, 2.05) is 0 Å². The van der Waals surface area contributed by atoms with Crippen molar-refractivity contribution in [1.29, 1.82) is 0 Å². The smallest absolute Gasteiger partial charge is 0.328 e. The fourth-order valence-corrected chi connectivity index (χ4v) is 0.976. The summed E-state index contributed by atoms with van der Waals surface area (Å²) in [5.74, 6) is -0.374. The van der Waals surface area contributed by atoms with Crippen LogP contribution in [0.4, 0.5) is 5.69 Å². The highest BCUT2D eigenvalue weighted by Gasteiger charge is 2.12. The van der Waals surface area contributed by atoms with Crippen molar-refractivity contribution in [2.45, 2.75) is 13.0 Å². The van der Waals surface area contributed by atoms with E-state index in [1.54, 1.807) is 24.3 Å². The molecule has 6 nitrogen and oxygen atoms in total. The molecule has 0 amide bonds. The van der Waals surface area contributed by atoms with E-state index in [2.05, 4.69) is 4.99 Å². The Morgan fingerprint density at radius 1 is 1.38 bits per heavy atom. The zero-order chi connectivity index (χ0) is 12.1. The molecule has 1 rings (SSSR count). The first-order chi connectivity index (χ1) is 7.50. The molecule has 0 fully saturated rings. The first-order valence-electron chi connectivity index (χ1n) is 4.66. The molecule has 0 heterocycles. The average molecular weight is 222 g/mol. The fourth-order valence-electron chi connectivity index (χ4n) is 0.976. The topological polar surface area (TPSA) is 117 Å². The second kappa shape index (κ2) is 5.13. The summed E-state index contributed by atoms with van der Waals surface area (Å²) in [7, 11) is 0. The molecule has 1 aromatic carbocycles. The fraction of sp³-hybridized carbons (Fsp3) is 0.200. The number of hydrogen-bond acceptors (Lipinski definition) is 4. The third kappa shape index (κ3) is 3.25. The summed E-state index contributed by atoms with van der Waals surface area (Å²) in [4.78, 5) is 15.1. The van der Waals surface area contributed by atoms with Gasteiger partial charge in [-0.1, -0.05) is 12.1 Å². The lowest BCUT2D eigenvalue weighted by molar-refractivity contribution is -0.135. The number of guanidine groups is 1. The van der Waals surface area contributed by atoms with Crippen LogP contribution in [0.15, 0.2) is 29.3 Å². The summed E-state index contributed by atoms with van der Waals surface area (Å²) in [5, 5.41) is 0. The number of para-hydroxylation sites is 2. The van der Waals surface area contributed by atoms with E-state index in [0.29, 0.717) is 5.69 Å². The number of esters is 1. The molecular weight excluding hydrogens is 208 g/mol. The van der Waals surface area contributed by atoms with Gasteiger partial charge >= 0.3 is 5.97 Å². The van der Waals surface area contributed by atoms with Crippen LogP contribution in [0.2, 0.25) is 0 Å². The van der Waals surface area contributed by atoms with Crippen molar-refractivity contribution in [1.82, 2.24) is 0 Å². The monoisotopic (exact) mass is 222 g/mol. The van der Waals surface area contributed by atoms with Crippen molar-refractivity contribution in [2.75, 3.05) is 0 Å². The molecular formula is C10H14N4O2. The molecule has 0 aliphatic carbocycles. The van der Waals surface area contributed by atoms with Gasteiger partial charge < -0.3 is 21.9 Å². The Bertz CT molecular complexity index is 411. The van der Waals surface area contributed by atoms with Gasteiger partial charge in [-0.3, -0.25) is 0 Å². The van der Waals surface area contributed by atoms with Gasteiger partial charge in [0.15, 0.2) is 11.7 Å². The second-order valence-electron chi connectivity index (χ2n) is 3.21. The van der Waals surface area contributed by atoms with Crippen LogP contribution in [-0.4, -0.2) is 18.0 Å². The molecule has 1 atom stereocenters. The molecule has 1 aromatic rings. The molecule has 0 spiro atoms. The minimum absolute atomic E-state index is 0.107. The van der Waals surface area contributed by atoms with Crippen LogP contribution in [-0.2, 0) is 4.79 Å². The predicted molar refractivity (Wildman–Crippen MR) is 61.2 cm³/mol. The highest BCUT2D eigenvalue weighted by atomic mass is 16.5. The summed E-state index contributed by atoms with van der Waals surface area (Å²) < 4.78 is 5.03. The number of rotatable bonds is 3. The zero-order valence-electron chi connectivity index (χ0n) is 8.88. The highest BCUT2D eigenvalue weighted by molar-refractivity contribution is 5.82. The molecule has 0 radical (unpaired) electrons. The highest BCUT2D eigenvalue weighted by Crippen LogP contribution is 2.26. The van der Waals surface area contributed by atoms with Crippen LogP contribution in [0, 0.1) is 0 Å². The summed E-state index contributed by atoms with van der Waals surface area (Å²) in [5.41, 5.74) is 16.3. The zero-order valence-corrected chi connectivity index (χ0v) is 8.88. The van der Waals surface area contributed by atoms with Crippen LogP contribution in [0.1, 0.15) is 6.92 Å². The minimum atomic E-state index is -0.702. The van der Waals surface area contributed by atoms with Gasteiger partial charge in [0, 0.05) is 0 Å². The van der Waals surface area contributed by atoms with E-state index in [9.17, 15) is 4.79 Å². The van der Waals surface area contributed by atoms with Crippen molar-refractivity contribution in [3.05, 3.63) is 24.3 Å². The van der Waals surface area contributed by atoms with Crippen molar-refractivity contribution in [3.8, 4) is 5.75 Å². The van der Waals surface area contributed by atoms with Gasteiger partial charge in [0.1, 0.15) is 11.7 Å². The number of hydrogen-bond donors (Lipinski definition) is 3. The summed E-state index contributed by atoms with van der Waals surface area (Å²) in [6, 6.07) is 5.94. The number of nitrogens with zero attached hydrogens (tertiary/aromatic N) is 1. The van der Waals surface area contributed by atoms with Gasteiger partial charge in [0.25, 0.3) is 0 Å². The Morgan fingerprint density at radius 2 is 2.00 bits per heavy atom. The summed E-state index contributed by atoms with van der Waals surface area (Å²) >= 11 is 0. The molecule has 0 aromatic heterocycles. The van der Waals surface area contributed by atoms with E-state index in [0.717, 1.165) is 0 Å². The van der Waals surface area contributed by atoms with Gasteiger partial charge in [-0.05, 0) is 19.1 Å². The van der Waals surface area contributed by atoms with E-state index < -0.39 is 12.0 Å². The predicted octanol–water partition coefficient (Wildman–Crippen LogP) is -0.156. The molecule has 0 saturated carbocycles. The number of nitrogens with two attached hydrogens (primary N) is 3. The lowest BCUT2D eigenvalue weighted by Gasteiger charge is -2.08. The van der Waals surface area contributed by atoms with Gasteiger partial charge in [-0.2, -0.15) is 0 Å².